The number of methoxy groups -OCH3 is 1. The summed E-state index contributed by atoms with van der Waals surface area (Å²) in [5, 5.41) is 11.4. The molecule has 1 aromatic carbocycles. The van der Waals surface area contributed by atoms with E-state index in [1.54, 1.807) is 31.5 Å². The number of carbonyl (C=O) groups excluding carboxylic acids is 1. The molecule has 0 saturated heterocycles. The van der Waals surface area contributed by atoms with Crippen molar-refractivity contribution < 1.29 is 14.1 Å². The highest BCUT2D eigenvalue weighted by Crippen LogP contribution is 2.30. The van der Waals surface area contributed by atoms with Gasteiger partial charge in [-0.3, -0.25) is 4.79 Å². The molecule has 124 valence electrons. The van der Waals surface area contributed by atoms with E-state index in [9.17, 15) is 4.79 Å². The second-order valence-electron chi connectivity index (χ2n) is 4.84. The molecular formula is C15H12Cl2N4O3. The summed E-state index contributed by atoms with van der Waals surface area (Å²) in [5.41, 5.74) is 1.24. The van der Waals surface area contributed by atoms with Gasteiger partial charge in [0.15, 0.2) is 11.5 Å². The minimum absolute atomic E-state index is 0.121. The molecule has 7 nitrogen and oxygen atoms in total. The van der Waals surface area contributed by atoms with Gasteiger partial charge in [0.1, 0.15) is 6.73 Å². The second kappa shape index (κ2) is 7.04. The number of hydrogen-bond donors (Lipinski definition) is 1. The smallest absolute Gasteiger partial charge is 0.277 e. The summed E-state index contributed by atoms with van der Waals surface area (Å²) in [6.45, 7) is 0.291. The minimum atomic E-state index is -0.424. The summed E-state index contributed by atoms with van der Waals surface area (Å²) in [4.78, 5) is 12.2. The summed E-state index contributed by atoms with van der Waals surface area (Å²) in [6.07, 6.45) is 3.15. The molecule has 0 saturated carbocycles. The summed E-state index contributed by atoms with van der Waals surface area (Å²) < 4.78 is 11.7. The van der Waals surface area contributed by atoms with Crippen molar-refractivity contribution in [1.29, 1.82) is 0 Å². The number of anilines is 1. The van der Waals surface area contributed by atoms with Crippen LogP contribution in [-0.4, -0.2) is 28.0 Å². The van der Waals surface area contributed by atoms with E-state index in [0.717, 1.165) is 0 Å². The highest BCUT2D eigenvalue weighted by atomic mass is 35.5. The Bertz CT molecular complexity index is 875. The van der Waals surface area contributed by atoms with Crippen LogP contribution in [0.1, 0.15) is 10.5 Å². The molecule has 0 aliphatic heterocycles. The van der Waals surface area contributed by atoms with Crippen LogP contribution < -0.4 is 5.32 Å². The summed E-state index contributed by atoms with van der Waals surface area (Å²) in [7, 11) is 1.55. The topological polar surface area (TPSA) is 82.2 Å². The van der Waals surface area contributed by atoms with E-state index in [-0.39, 0.29) is 5.69 Å². The van der Waals surface area contributed by atoms with E-state index in [0.29, 0.717) is 33.8 Å². The predicted molar refractivity (Wildman–Crippen MR) is 89.1 cm³/mol. The van der Waals surface area contributed by atoms with Crippen LogP contribution in [0.3, 0.4) is 0 Å². The van der Waals surface area contributed by atoms with Crippen molar-refractivity contribution in [1.82, 2.24) is 14.9 Å². The minimum Gasteiger partial charge on any atom is -0.362 e. The molecule has 0 unspecified atom stereocenters. The Hall–Kier alpha value is -2.35. The molecule has 0 aliphatic carbocycles. The molecule has 3 aromatic rings. The van der Waals surface area contributed by atoms with Gasteiger partial charge in [0.05, 0.1) is 23.1 Å². The number of hydrogen-bond acceptors (Lipinski definition) is 5. The lowest BCUT2D eigenvalue weighted by Gasteiger charge is -1.99. The van der Waals surface area contributed by atoms with Crippen molar-refractivity contribution in [2.45, 2.75) is 6.73 Å². The Morgan fingerprint density at radius 1 is 1.38 bits per heavy atom. The Kier molecular flexibility index (Phi) is 4.84. The first-order chi connectivity index (χ1) is 11.6. The number of aromatic nitrogens is 3. The molecule has 0 atom stereocenters. The van der Waals surface area contributed by atoms with Gasteiger partial charge in [-0.1, -0.05) is 28.4 Å². The average molecular weight is 367 g/mol. The lowest BCUT2D eigenvalue weighted by atomic mass is 10.1. The molecule has 0 radical (unpaired) electrons. The van der Waals surface area contributed by atoms with Gasteiger partial charge in [0.25, 0.3) is 5.91 Å². The Morgan fingerprint density at radius 3 is 2.96 bits per heavy atom. The van der Waals surface area contributed by atoms with Crippen molar-refractivity contribution >= 4 is 34.8 Å². The van der Waals surface area contributed by atoms with E-state index in [2.05, 4.69) is 15.6 Å². The van der Waals surface area contributed by atoms with Gasteiger partial charge in [-0.05, 0) is 18.2 Å². The van der Waals surface area contributed by atoms with Crippen LogP contribution in [0.25, 0.3) is 11.3 Å². The summed E-state index contributed by atoms with van der Waals surface area (Å²) >= 11 is 12.0. The predicted octanol–water partition coefficient (Wildman–Crippen LogP) is 3.70. The van der Waals surface area contributed by atoms with Crippen molar-refractivity contribution in [3.63, 3.8) is 0 Å². The monoisotopic (exact) mass is 366 g/mol. The lowest BCUT2D eigenvalue weighted by Crippen LogP contribution is -2.11. The fourth-order valence-electron chi connectivity index (χ4n) is 2.02. The number of nitrogens with one attached hydrogen (secondary N) is 1. The number of carbonyl (C=O) groups is 1. The SMILES string of the molecule is COCn1cc(NC(=O)c2cc(-c3ccc(Cl)cc3Cl)on2)cn1. The maximum absolute atomic E-state index is 12.2. The zero-order valence-electron chi connectivity index (χ0n) is 12.5. The summed E-state index contributed by atoms with van der Waals surface area (Å²) in [5.74, 6) is -0.0519. The fraction of sp³-hybridized carbons (Fsp3) is 0.133. The highest BCUT2D eigenvalue weighted by Gasteiger charge is 2.16. The molecular weight excluding hydrogens is 355 g/mol. The molecule has 0 fully saturated rings. The fourth-order valence-corrected chi connectivity index (χ4v) is 2.53. The van der Waals surface area contributed by atoms with E-state index < -0.39 is 5.91 Å². The summed E-state index contributed by atoms with van der Waals surface area (Å²) in [6, 6.07) is 6.46. The normalized spacial score (nSPS) is 10.8. The number of ether oxygens (including phenoxy) is 1. The van der Waals surface area contributed by atoms with Crippen LogP contribution in [0.2, 0.25) is 10.0 Å². The van der Waals surface area contributed by atoms with Gasteiger partial charge in [-0.2, -0.15) is 5.10 Å². The van der Waals surface area contributed by atoms with Crippen molar-refractivity contribution in [2.24, 2.45) is 0 Å². The maximum Gasteiger partial charge on any atom is 0.277 e. The van der Waals surface area contributed by atoms with Gasteiger partial charge in [0, 0.05) is 23.8 Å². The van der Waals surface area contributed by atoms with Crippen LogP contribution in [0.5, 0.6) is 0 Å². The molecule has 1 amide bonds. The van der Waals surface area contributed by atoms with E-state index in [4.69, 9.17) is 32.5 Å². The van der Waals surface area contributed by atoms with Gasteiger partial charge < -0.3 is 14.6 Å². The van der Waals surface area contributed by atoms with E-state index in [1.807, 2.05) is 0 Å². The zero-order chi connectivity index (χ0) is 17.1. The first-order valence-corrected chi connectivity index (χ1v) is 7.57. The number of benzene rings is 1. The third kappa shape index (κ3) is 3.59. The molecule has 9 heteroatoms. The van der Waals surface area contributed by atoms with Gasteiger partial charge >= 0.3 is 0 Å². The van der Waals surface area contributed by atoms with Crippen LogP contribution in [0.4, 0.5) is 5.69 Å². The maximum atomic E-state index is 12.2. The zero-order valence-corrected chi connectivity index (χ0v) is 14.0. The molecule has 1 N–H and O–H groups in total. The molecule has 0 bridgehead atoms. The van der Waals surface area contributed by atoms with Crippen molar-refractivity contribution in [3.8, 4) is 11.3 Å². The quantitative estimate of drug-likeness (QED) is 0.744. The number of amides is 1. The highest BCUT2D eigenvalue weighted by molar-refractivity contribution is 6.36. The average Bonchev–Trinajstić information content (AvgIpc) is 3.17. The first kappa shape index (κ1) is 16.5. The van der Waals surface area contributed by atoms with Gasteiger partial charge in [-0.15, -0.1) is 0 Å². The molecule has 2 aromatic heterocycles. The molecule has 0 aliphatic rings. The van der Waals surface area contributed by atoms with Crippen molar-refractivity contribution in [3.05, 3.63) is 52.4 Å². The van der Waals surface area contributed by atoms with Gasteiger partial charge in [-0.25, -0.2) is 4.68 Å². The number of nitrogens with zero attached hydrogens (tertiary/aromatic N) is 3. The largest absolute Gasteiger partial charge is 0.362 e. The molecule has 0 spiro atoms. The molecule has 2 heterocycles. The van der Waals surface area contributed by atoms with Crippen LogP contribution in [0, 0.1) is 0 Å². The van der Waals surface area contributed by atoms with E-state index in [1.165, 1.54) is 16.9 Å². The standard InChI is InChI=1S/C15H12Cl2N4O3/c1-23-8-21-7-10(6-18-21)19-15(22)13-5-14(24-20-13)11-3-2-9(16)4-12(11)17/h2-7H,8H2,1H3,(H,19,22). The molecule has 24 heavy (non-hydrogen) atoms. The second-order valence-corrected chi connectivity index (χ2v) is 5.68. The third-order valence-corrected chi connectivity index (χ3v) is 3.64. The third-order valence-electron chi connectivity index (χ3n) is 3.09. The molecule has 3 rings (SSSR count). The Morgan fingerprint density at radius 2 is 2.21 bits per heavy atom. The van der Waals surface area contributed by atoms with Crippen LogP contribution >= 0.6 is 23.2 Å². The van der Waals surface area contributed by atoms with E-state index >= 15 is 0 Å². The lowest BCUT2D eigenvalue weighted by molar-refractivity contribution is 0.101. The van der Waals surface area contributed by atoms with Crippen molar-refractivity contribution in [2.75, 3.05) is 12.4 Å². The number of halogens is 2. The Labute approximate surface area is 147 Å². The van der Waals surface area contributed by atoms with Gasteiger partial charge in [0.2, 0.25) is 0 Å². The van der Waals surface area contributed by atoms with Crippen LogP contribution in [0.15, 0.2) is 41.2 Å². The number of rotatable bonds is 5. The first-order valence-electron chi connectivity index (χ1n) is 6.81. The Balaban J connectivity index is 1.75. The van der Waals surface area contributed by atoms with Crippen LogP contribution in [-0.2, 0) is 11.5 Å².